The maximum absolute atomic E-state index is 11.2. The molecule has 0 aromatic heterocycles. The molecular formula is C11H17NO3. The maximum Gasteiger partial charge on any atom is 0.306 e. The van der Waals surface area contributed by atoms with E-state index in [-0.39, 0.29) is 17.9 Å². The van der Waals surface area contributed by atoms with Gasteiger partial charge in [0.2, 0.25) is 5.91 Å². The molecule has 15 heavy (non-hydrogen) atoms. The minimum Gasteiger partial charge on any atom is -0.481 e. The van der Waals surface area contributed by atoms with Crippen LogP contribution in [0.25, 0.3) is 0 Å². The van der Waals surface area contributed by atoms with E-state index in [1.54, 1.807) is 13.0 Å². The molecule has 1 aliphatic carbocycles. The highest BCUT2D eigenvalue weighted by Gasteiger charge is 2.27. The zero-order chi connectivity index (χ0) is 11.3. The van der Waals surface area contributed by atoms with E-state index < -0.39 is 5.97 Å². The SMILES string of the molecule is C/C=C/C(=O)NC1CCCC(C(=O)O)C1. The van der Waals surface area contributed by atoms with Gasteiger partial charge in [0, 0.05) is 6.04 Å². The molecular weight excluding hydrogens is 194 g/mol. The van der Waals surface area contributed by atoms with Crippen molar-refractivity contribution in [3.63, 3.8) is 0 Å². The van der Waals surface area contributed by atoms with E-state index in [1.807, 2.05) is 0 Å². The van der Waals surface area contributed by atoms with E-state index in [0.717, 1.165) is 19.3 Å². The summed E-state index contributed by atoms with van der Waals surface area (Å²) < 4.78 is 0. The van der Waals surface area contributed by atoms with Gasteiger partial charge in [-0.2, -0.15) is 0 Å². The van der Waals surface area contributed by atoms with Gasteiger partial charge in [-0.15, -0.1) is 0 Å². The number of carboxylic acids is 1. The third-order valence-electron chi connectivity index (χ3n) is 2.69. The second kappa shape index (κ2) is 5.53. The van der Waals surface area contributed by atoms with Gasteiger partial charge in [-0.05, 0) is 32.3 Å². The van der Waals surface area contributed by atoms with Crippen molar-refractivity contribution in [3.8, 4) is 0 Å². The summed E-state index contributed by atoms with van der Waals surface area (Å²) in [4.78, 5) is 22.0. The van der Waals surface area contributed by atoms with Crippen molar-refractivity contribution < 1.29 is 14.7 Å². The fraction of sp³-hybridized carbons (Fsp3) is 0.636. The number of hydrogen-bond donors (Lipinski definition) is 2. The monoisotopic (exact) mass is 211 g/mol. The molecule has 1 saturated carbocycles. The van der Waals surface area contributed by atoms with Crippen molar-refractivity contribution in [1.29, 1.82) is 0 Å². The average molecular weight is 211 g/mol. The third kappa shape index (κ3) is 3.73. The lowest BCUT2D eigenvalue weighted by molar-refractivity contribution is -0.143. The molecule has 1 aliphatic rings. The first-order chi connectivity index (χ1) is 7.13. The van der Waals surface area contributed by atoms with Gasteiger partial charge >= 0.3 is 5.97 Å². The van der Waals surface area contributed by atoms with Gasteiger partial charge in [0.25, 0.3) is 0 Å². The lowest BCUT2D eigenvalue weighted by atomic mass is 9.86. The van der Waals surface area contributed by atoms with Crippen molar-refractivity contribution in [1.82, 2.24) is 5.32 Å². The van der Waals surface area contributed by atoms with E-state index in [1.165, 1.54) is 6.08 Å². The number of allylic oxidation sites excluding steroid dienone is 1. The molecule has 0 radical (unpaired) electrons. The lowest BCUT2D eigenvalue weighted by Gasteiger charge is -2.26. The molecule has 4 nitrogen and oxygen atoms in total. The molecule has 0 heterocycles. The van der Waals surface area contributed by atoms with Crippen LogP contribution in [0, 0.1) is 5.92 Å². The van der Waals surface area contributed by atoms with Crippen molar-refractivity contribution in [2.45, 2.75) is 38.6 Å². The largest absolute Gasteiger partial charge is 0.481 e. The van der Waals surface area contributed by atoms with E-state index >= 15 is 0 Å². The Kier molecular flexibility index (Phi) is 4.34. The molecule has 2 atom stereocenters. The first kappa shape index (κ1) is 11.8. The number of hydrogen-bond acceptors (Lipinski definition) is 2. The van der Waals surface area contributed by atoms with Crippen LogP contribution < -0.4 is 5.32 Å². The summed E-state index contributed by atoms with van der Waals surface area (Å²) in [5.41, 5.74) is 0. The van der Waals surface area contributed by atoms with Crippen LogP contribution in [0.4, 0.5) is 0 Å². The van der Waals surface area contributed by atoms with Crippen LogP contribution >= 0.6 is 0 Å². The van der Waals surface area contributed by atoms with Crippen LogP contribution in [0.2, 0.25) is 0 Å². The molecule has 84 valence electrons. The normalized spacial score (nSPS) is 26.5. The molecule has 1 amide bonds. The second-order valence-corrected chi connectivity index (χ2v) is 3.91. The van der Waals surface area contributed by atoms with E-state index in [2.05, 4.69) is 5.32 Å². The van der Waals surface area contributed by atoms with Crippen LogP contribution in [0.3, 0.4) is 0 Å². The summed E-state index contributed by atoms with van der Waals surface area (Å²) >= 11 is 0. The summed E-state index contributed by atoms with van der Waals surface area (Å²) in [6.45, 7) is 1.78. The molecule has 0 spiro atoms. The quantitative estimate of drug-likeness (QED) is 0.692. The first-order valence-electron chi connectivity index (χ1n) is 5.29. The van der Waals surface area contributed by atoms with Gasteiger partial charge in [0.15, 0.2) is 0 Å². The molecule has 0 aliphatic heterocycles. The van der Waals surface area contributed by atoms with Crippen LogP contribution in [-0.2, 0) is 9.59 Å². The Morgan fingerprint density at radius 2 is 2.13 bits per heavy atom. The summed E-state index contributed by atoms with van der Waals surface area (Å²) in [7, 11) is 0. The number of nitrogens with one attached hydrogen (secondary N) is 1. The summed E-state index contributed by atoms with van der Waals surface area (Å²) in [5.74, 6) is -1.18. The second-order valence-electron chi connectivity index (χ2n) is 3.91. The predicted molar refractivity (Wildman–Crippen MR) is 56.3 cm³/mol. The molecule has 2 N–H and O–H groups in total. The van der Waals surface area contributed by atoms with Gasteiger partial charge in [-0.25, -0.2) is 0 Å². The predicted octanol–water partition coefficient (Wildman–Crippen LogP) is 1.32. The highest BCUT2D eigenvalue weighted by molar-refractivity contribution is 5.87. The number of carbonyl (C=O) groups is 2. The van der Waals surface area contributed by atoms with E-state index in [0.29, 0.717) is 6.42 Å². The Hall–Kier alpha value is -1.32. The van der Waals surface area contributed by atoms with E-state index in [9.17, 15) is 9.59 Å². The minimum atomic E-state index is -0.750. The van der Waals surface area contributed by atoms with Gasteiger partial charge < -0.3 is 10.4 Å². The molecule has 1 rings (SSSR count). The van der Waals surface area contributed by atoms with Crippen LogP contribution in [0.1, 0.15) is 32.6 Å². The highest BCUT2D eigenvalue weighted by Crippen LogP contribution is 2.24. The summed E-state index contributed by atoms with van der Waals surface area (Å²) in [5, 5.41) is 11.7. The Labute approximate surface area is 89.4 Å². The molecule has 0 saturated heterocycles. The molecule has 2 unspecified atom stereocenters. The minimum absolute atomic E-state index is 0.0172. The number of carboxylic acid groups (broad SMARTS) is 1. The zero-order valence-electron chi connectivity index (χ0n) is 8.90. The average Bonchev–Trinajstić information content (AvgIpc) is 2.18. The lowest BCUT2D eigenvalue weighted by Crippen LogP contribution is -2.39. The Morgan fingerprint density at radius 1 is 1.40 bits per heavy atom. The Balaban J connectivity index is 2.42. The smallest absolute Gasteiger partial charge is 0.306 e. The fourth-order valence-corrected chi connectivity index (χ4v) is 1.95. The number of amides is 1. The van der Waals surface area contributed by atoms with E-state index in [4.69, 9.17) is 5.11 Å². The summed E-state index contributed by atoms with van der Waals surface area (Å²) in [6, 6.07) is 0.0172. The molecule has 4 heteroatoms. The van der Waals surface area contributed by atoms with Crippen LogP contribution in [-0.4, -0.2) is 23.0 Å². The first-order valence-corrected chi connectivity index (χ1v) is 5.29. The van der Waals surface area contributed by atoms with Crippen LogP contribution in [0.15, 0.2) is 12.2 Å². The fourth-order valence-electron chi connectivity index (χ4n) is 1.95. The van der Waals surface area contributed by atoms with Crippen molar-refractivity contribution in [3.05, 3.63) is 12.2 Å². The van der Waals surface area contributed by atoms with Crippen LogP contribution in [0.5, 0.6) is 0 Å². The third-order valence-corrected chi connectivity index (χ3v) is 2.69. The summed E-state index contributed by atoms with van der Waals surface area (Å²) in [6.07, 6.45) is 6.17. The topological polar surface area (TPSA) is 66.4 Å². The molecule has 0 aromatic rings. The zero-order valence-corrected chi connectivity index (χ0v) is 8.90. The standard InChI is InChI=1S/C11H17NO3/c1-2-4-10(13)12-9-6-3-5-8(7-9)11(14)15/h2,4,8-9H,3,5-7H2,1H3,(H,12,13)(H,14,15)/b4-2+. The number of rotatable bonds is 3. The van der Waals surface area contributed by atoms with Crippen molar-refractivity contribution >= 4 is 11.9 Å². The van der Waals surface area contributed by atoms with Crippen molar-refractivity contribution in [2.75, 3.05) is 0 Å². The molecule has 0 aromatic carbocycles. The Bertz CT molecular complexity index is 273. The Morgan fingerprint density at radius 3 is 2.73 bits per heavy atom. The highest BCUT2D eigenvalue weighted by atomic mass is 16.4. The molecule has 1 fully saturated rings. The van der Waals surface area contributed by atoms with Crippen molar-refractivity contribution in [2.24, 2.45) is 5.92 Å². The van der Waals surface area contributed by atoms with Gasteiger partial charge in [-0.1, -0.05) is 12.5 Å². The molecule has 0 bridgehead atoms. The van der Waals surface area contributed by atoms with Gasteiger partial charge in [0.1, 0.15) is 0 Å². The van der Waals surface area contributed by atoms with Gasteiger partial charge in [-0.3, -0.25) is 9.59 Å². The number of carbonyl (C=O) groups excluding carboxylic acids is 1. The van der Waals surface area contributed by atoms with Gasteiger partial charge in [0.05, 0.1) is 5.92 Å². The number of aliphatic carboxylic acids is 1. The maximum atomic E-state index is 11.2.